The van der Waals surface area contributed by atoms with Crippen molar-refractivity contribution in [1.29, 1.82) is 0 Å². The first-order chi connectivity index (χ1) is 4.69. The van der Waals surface area contributed by atoms with Crippen LogP contribution in [0.5, 0.6) is 0 Å². The summed E-state index contributed by atoms with van der Waals surface area (Å²) in [6.07, 6.45) is 3.90. The van der Waals surface area contributed by atoms with E-state index in [1.807, 2.05) is 0 Å². The van der Waals surface area contributed by atoms with Crippen LogP contribution in [0.15, 0.2) is 0 Å². The van der Waals surface area contributed by atoms with Gasteiger partial charge in [0.15, 0.2) is 0 Å². The number of halogens is 1. The van der Waals surface area contributed by atoms with E-state index in [9.17, 15) is 0 Å². The van der Waals surface area contributed by atoms with Gasteiger partial charge in [-0.1, -0.05) is 6.42 Å². The van der Waals surface area contributed by atoms with Gasteiger partial charge in [-0.05, 0) is 12.8 Å². The van der Waals surface area contributed by atoms with Crippen molar-refractivity contribution in [3.05, 3.63) is 0 Å². The van der Waals surface area contributed by atoms with Crippen LogP contribution in [-0.2, 0) is 4.74 Å². The van der Waals surface area contributed by atoms with Crippen LogP contribution in [0.25, 0.3) is 0 Å². The number of alkyl halides is 1. The van der Waals surface area contributed by atoms with Gasteiger partial charge in [0.2, 0.25) is 0 Å². The second kappa shape index (κ2) is 3.07. The van der Waals surface area contributed by atoms with Crippen LogP contribution in [-0.4, -0.2) is 23.4 Å². The number of rotatable bonds is 1. The molecular weight excluding hydrogens is 152 g/mol. The van der Waals surface area contributed by atoms with Gasteiger partial charge in [0.1, 0.15) is 5.38 Å². The van der Waals surface area contributed by atoms with E-state index in [-0.39, 0.29) is 5.38 Å². The Morgan fingerprint density at radius 1 is 1.60 bits per heavy atom. The molecule has 0 spiro atoms. The zero-order valence-electron chi connectivity index (χ0n) is 6.19. The predicted molar refractivity (Wildman–Crippen MR) is 41.5 cm³/mol. The summed E-state index contributed by atoms with van der Waals surface area (Å²) in [5, 5.41) is 7.60. The first-order valence-electron chi connectivity index (χ1n) is 3.63. The van der Waals surface area contributed by atoms with Crippen LogP contribution in [0, 0.1) is 0 Å². The predicted octanol–water partition coefficient (Wildman–Crippen LogP) is 1.24. The first kappa shape index (κ1) is 8.31. The molecule has 0 aromatic carbocycles. The summed E-state index contributed by atoms with van der Waals surface area (Å²) in [6.45, 7) is 0. The van der Waals surface area contributed by atoms with E-state index in [1.165, 1.54) is 0 Å². The fourth-order valence-electron chi connectivity index (χ4n) is 1.33. The highest BCUT2D eigenvalue weighted by atomic mass is 35.5. The molecule has 2 nitrogen and oxygen atoms in total. The molecule has 1 saturated carbocycles. The Balaban J connectivity index is 2.54. The summed E-state index contributed by atoms with van der Waals surface area (Å²) in [5.74, 6) is -0.806. The maximum Gasteiger partial charge on any atom is 0.289 e. The number of ether oxygens (including phenoxy) is 1. The smallest absolute Gasteiger partial charge is 0.289 e. The minimum Gasteiger partial charge on any atom is -0.418 e. The summed E-state index contributed by atoms with van der Waals surface area (Å²) < 4.78 is 5.03. The normalized spacial score (nSPS) is 41.7. The largest absolute Gasteiger partial charge is 0.418 e. The van der Waals surface area contributed by atoms with Crippen LogP contribution in [0.2, 0.25) is 0 Å². The topological polar surface area (TPSA) is 32.1 Å². The van der Waals surface area contributed by atoms with E-state index in [0.29, 0.717) is 0 Å². The van der Waals surface area contributed by atoms with Crippen molar-refractivity contribution in [2.24, 2.45) is 0 Å². The van der Waals surface area contributed by atoms with E-state index in [4.69, 9.17) is 21.4 Å². The molecule has 0 heterocycles. The molecule has 0 amide bonds. The Morgan fingerprint density at radius 2 is 2.30 bits per heavy atom. The van der Waals surface area contributed by atoms with Gasteiger partial charge in [-0.15, -0.1) is 11.6 Å². The lowest BCUT2D eigenvalue weighted by molar-refractivity contribution is -0.199. The molecule has 0 radical (unpaired) electrons. The molecule has 1 fully saturated rings. The van der Waals surface area contributed by atoms with Crippen molar-refractivity contribution in [1.82, 2.24) is 0 Å². The van der Waals surface area contributed by atoms with Crippen molar-refractivity contribution in [3.8, 4) is 0 Å². The first-order valence-corrected chi connectivity index (χ1v) is 4.07. The highest BCUT2D eigenvalue weighted by Gasteiger charge is 2.42. The Bertz CT molecular complexity index is 118. The van der Waals surface area contributed by atoms with E-state index < -0.39 is 5.79 Å². The van der Waals surface area contributed by atoms with Crippen LogP contribution in [0.3, 0.4) is 0 Å². The molecule has 0 aromatic heterocycles. The Morgan fingerprint density at radius 3 is 2.70 bits per heavy atom. The lowest BCUT2D eigenvalue weighted by Crippen LogP contribution is -2.43. The molecule has 2 unspecified atom stereocenters. The maximum absolute atomic E-state index is 7.72. The number of methoxy groups -OCH3 is 1. The van der Waals surface area contributed by atoms with E-state index in [1.54, 1.807) is 7.11 Å². The summed E-state index contributed by atoms with van der Waals surface area (Å²) >= 11 is 5.91. The van der Waals surface area contributed by atoms with Gasteiger partial charge in [-0.3, -0.25) is 0 Å². The molecule has 3 heteroatoms. The monoisotopic (exact) mass is 165 g/mol. The van der Waals surface area contributed by atoms with Crippen LogP contribution in [0.1, 0.15) is 25.7 Å². The average molecular weight is 166 g/mol. The lowest BCUT2D eigenvalue weighted by Gasteiger charge is -2.30. The molecule has 60 valence electrons. The fraction of sp³-hybridized carbons (Fsp3) is 1.00. The van der Waals surface area contributed by atoms with Crippen molar-refractivity contribution in [2.75, 3.05) is 7.11 Å². The molecule has 0 bridgehead atoms. The van der Waals surface area contributed by atoms with Crippen LogP contribution >= 0.6 is 11.6 Å². The van der Waals surface area contributed by atoms with Gasteiger partial charge >= 0.3 is 0 Å². The third kappa shape index (κ3) is 1.44. The van der Waals surface area contributed by atoms with Gasteiger partial charge in [0.25, 0.3) is 5.79 Å². The van der Waals surface area contributed by atoms with Crippen molar-refractivity contribution in [3.63, 3.8) is 0 Å². The van der Waals surface area contributed by atoms with Crippen LogP contribution in [0.4, 0.5) is 0 Å². The zero-order valence-corrected chi connectivity index (χ0v) is 6.95. The molecule has 0 aliphatic heterocycles. The highest BCUT2D eigenvalue weighted by Crippen LogP contribution is 2.32. The average Bonchev–Trinajstić information content (AvgIpc) is 1.96. The lowest BCUT2D eigenvalue weighted by atomic mass is 9.94. The molecule has 2 atom stereocenters. The quantitative estimate of drug-likeness (QED) is 0.327. The van der Waals surface area contributed by atoms with E-state index in [0.717, 1.165) is 25.7 Å². The van der Waals surface area contributed by atoms with Crippen molar-refractivity contribution in [2.45, 2.75) is 36.8 Å². The fourth-order valence-corrected chi connectivity index (χ4v) is 1.68. The second-order valence-electron chi connectivity index (χ2n) is 2.81. The summed E-state index contributed by atoms with van der Waals surface area (Å²) in [6, 6.07) is 0. The Labute approximate surface area is 66.1 Å². The van der Waals surface area contributed by atoms with Gasteiger partial charge in [-0.25, -0.2) is 0 Å². The molecule has 0 saturated heterocycles. The molecular formula is C7H14ClO2+. The molecule has 2 N–H and O–H groups in total. The summed E-state index contributed by atoms with van der Waals surface area (Å²) in [4.78, 5) is 0. The standard InChI is InChI=1S/C7H13ClO2/c1-10-7(9)5-3-2-4-6(7)8/h6,9H,2-5H2,1H3/p+1. The summed E-state index contributed by atoms with van der Waals surface area (Å²) in [5.41, 5.74) is 0. The maximum atomic E-state index is 7.72. The Hall–Kier alpha value is 0.210. The van der Waals surface area contributed by atoms with E-state index >= 15 is 0 Å². The molecule has 1 aliphatic rings. The van der Waals surface area contributed by atoms with Gasteiger partial charge in [0, 0.05) is 7.11 Å². The van der Waals surface area contributed by atoms with Crippen molar-refractivity contribution >= 4 is 11.6 Å². The highest BCUT2D eigenvalue weighted by molar-refractivity contribution is 6.21. The van der Waals surface area contributed by atoms with E-state index in [2.05, 4.69) is 0 Å². The Kier molecular flexibility index (Phi) is 2.55. The minimum absolute atomic E-state index is 0.119. The zero-order chi connectivity index (χ0) is 7.61. The second-order valence-corrected chi connectivity index (χ2v) is 3.33. The SMILES string of the molecule is COC1([OH2+])CCCCC1Cl. The molecule has 1 aliphatic carbocycles. The third-order valence-electron chi connectivity index (χ3n) is 2.13. The number of hydrogen-bond donors (Lipinski definition) is 0. The molecule has 0 aromatic rings. The van der Waals surface area contributed by atoms with Crippen molar-refractivity contribution < 1.29 is 9.84 Å². The van der Waals surface area contributed by atoms with Gasteiger partial charge in [0.05, 0.1) is 6.42 Å². The number of hydrogen-bond acceptors (Lipinski definition) is 1. The molecule has 1 rings (SSSR count). The summed E-state index contributed by atoms with van der Waals surface area (Å²) in [7, 11) is 1.56. The van der Waals surface area contributed by atoms with Gasteiger partial charge in [-0.2, -0.15) is 0 Å². The third-order valence-corrected chi connectivity index (χ3v) is 2.70. The molecule has 10 heavy (non-hydrogen) atoms. The minimum atomic E-state index is -0.806. The van der Waals surface area contributed by atoms with Crippen LogP contribution < -0.4 is 0 Å². The van der Waals surface area contributed by atoms with Gasteiger partial charge < -0.3 is 9.84 Å².